The van der Waals surface area contributed by atoms with Crippen LogP contribution >= 0.6 is 0 Å². The van der Waals surface area contributed by atoms with Gasteiger partial charge in [0.2, 0.25) is 0 Å². The van der Waals surface area contributed by atoms with E-state index in [9.17, 15) is 4.79 Å². The highest BCUT2D eigenvalue weighted by atomic mass is 16.5. The van der Waals surface area contributed by atoms with Crippen LogP contribution in [-0.4, -0.2) is 38.4 Å². The van der Waals surface area contributed by atoms with Crippen LogP contribution in [0, 0.1) is 5.92 Å². The second-order valence-electron chi connectivity index (χ2n) is 7.17. The van der Waals surface area contributed by atoms with Crippen LogP contribution in [0.4, 0.5) is 0 Å². The number of para-hydroxylation sites is 1. The van der Waals surface area contributed by atoms with Gasteiger partial charge in [-0.15, -0.1) is 0 Å². The Morgan fingerprint density at radius 3 is 3.00 bits per heavy atom. The van der Waals surface area contributed by atoms with Gasteiger partial charge in [0.05, 0.1) is 12.7 Å². The summed E-state index contributed by atoms with van der Waals surface area (Å²) >= 11 is 0. The summed E-state index contributed by atoms with van der Waals surface area (Å²) in [6, 6.07) is 15.4. The Hall–Kier alpha value is -2.53. The highest BCUT2D eigenvalue weighted by molar-refractivity contribution is 5.94. The van der Waals surface area contributed by atoms with Gasteiger partial charge in [-0.25, -0.2) is 0 Å². The van der Waals surface area contributed by atoms with Gasteiger partial charge in [-0.05, 0) is 49.1 Å². The Kier molecular flexibility index (Phi) is 5.58. The van der Waals surface area contributed by atoms with E-state index >= 15 is 0 Å². The normalized spacial score (nSPS) is 21.2. The van der Waals surface area contributed by atoms with Crippen molar-refractivity contribution >= 4 is 5.91 Å². The van der Waals surface area contributed by atoms with Crippen molar-refractivity contribution in [3.8, 4) is 11.5 Å². The molecule has 0 bridgehead atoms. The van der Waals surface area contributed by atoms with Crippen LogP contribution in [0.2, 0.25) is 0 Å². The van der Waals surface area contributed by atoms with Gasteiger partial charge >= 0.3 is 0 Å². The van der Waals surface area contributed by atoms with Crippen LogP contribution in [-0.2, 0) is 11.2 Å². The van der Waals surface area contributed by atoms with Crippen molar-refractivity contribution < 1.29 is 19.0 Å². The van der Waals surface area contributed by atoms with Crippen molar-refractivity contribution in [1.29, 1.82) is 0 Å². The average Bonchev–Trinajstić information content (AvgIpc) is 3.24. The first-order valence-electron chi connectivity index (χ1n) is 9.61. The predicted molar refractivity (Wildman–Crippen MR) is 102 cm³/mol. The van der Waals surface area contributed by atoms with Gasteiger partial charge in [-0.3, -0.25) is 4.79 Å². The van der Waals surface area contributed by atoms with Crippen LogP contribution in [0.5, 0.6) is 11.5 Å². The number of hydrogen-bond donors (Lipinski definition) is 1. The van der Waals surface area contributed by atoms with E-state index in [1.807, 2.05) is 30.3 Å². The number of carbonyl (C=O) groups excluding carboxylic acids is 1. The van der Waals surface area contributed by atoms with Crippen LogP contribution in [0.25, 0.3) is 0 Å². The van der Waals surface area contributed by atoms with Crippen molar-refractivity contribution in [2.75, 3.05) is 26.4 Å². The number of benzene rings is 2. The Labute approximate surface area is 159 Å². The molecule has 2 atom stereocenters. The fraction of sp³-hybridized carbons (Fsp3) is 0.409. The quantitative estimate of drug-likeness (QED) is 0.852. The number of carbonyl (C=O) groups is 1. The Morgan fingerprint density at radius 1 is 1.19 bits per heavy atom. The Bertz CT molecular complexity index is 785. The summed E-state index contributed by atoms with van der Waals surface area (Å²) in [6.07, 6.45) is 3.20. The van der Waals surface area contributed by atoms with Gasteiger partial charge < -0.3 is 19.5 Å². The lowest BCUT2D eigenvalue weighted by Gasteiger charge is -2.25. The standard InChI is InChI=1S/C22H25NO4/c24-22(23-13-16-11-17-5-1-2-9-21(17)27-14-16)18-6-3-7-19(12-18)26-15-20-8-4-10-25-20/h1-3,5-7,9,12,16,20H,4,8,10-11,13-15H2,(H,23,24). The molecule has 2 heterocycles. The first-order valence-corrected chi connectivity index (χ1v) is 9.61. The summed E-state index contributed by atoms with van der Waals surface area (Å²) < 4.78 is 17.1. The number of rotatable bonds is 6. The SMILES string of the molecule is O=C(NCC1COc2ccccc2C1)c1cccc(OCC2CCCO2)c1. The molecule has 1 fully saturated rings. The maximum Gasteiger partial charge on any atom is 0.251 e. The monoisotopic (exact) mass is 367 g/mol. The third kappa shape index (κ3) is 4.61. The van der Waals surface area contributed by atoms with Gasteiger partial charge in [0.15, 0.2) is 0 Å². The predicted octanol–water partition coefficient (Wildman–Crippen LogP) is 3.23. The third-order valence-electron chi connectivity index (χ3n) is 5.06. The van der Waals surface area contributed by atoms with Crippen LogP contribution in [0.1, 0.15) is 28.8 Å². The zero-order valence-electron chi connectivity index (χ0n) is 15.4. The molecule has 2 aliphatic heterocycles. The first-order chi connectivity index (χ1) is 13.3. The number of amides is 1. The topological polar surface area (TPSA) is 56.8 Å². The molecule has 0 aliphatic carbocycles. The molecule has 2 aliphatic rings. The Balaban J connectivity index is 1.29. The largest absolute Gasteiger partial charge is 0.493 e. The molecule has 1 N–H and O–H groups in total. The highest BCUT2D eigenvalue weighted by Gasteiger charge is 2.20. The van der Waals surface area contributed by atoms with E-state index in [1.54, 1.807) is 12.1 Å². The van der Waals surface area contributed by atoms with E-state index in [4.69, 9.17) is 14.2 Å². The molecule has 5 nitrogen and oxygen atoms in total. The molecule has 2 unspecified atom stereocenters. The molecule has 2 aromatic carbocycles. The minimum absolute atomic E-state index is 0.0866. The summed E-state index contributed by atoms with van der Waals surface area (Å²) in [5.41, 5.74) is 1.81. The maximum absolute atomic E-state index is 12.5. The van der Waals surface area contributed by atoms with E-state index < -0.39 is 0 Å². The van der Waals surface area contributed by atoms with Crippen molar-refractivity contribution in [2.45, 2.75) is 25.4 Å². The maximum atomic E-state index is 12.5. The molecule has 0 saturated carbocycles. The van der Waals surface area contributed by atoms with Gasteiger partial charge in [0.25, 0.3) is 5.91 Å². The molecule has 27 heavy (non-hydrogen) atoms. The van der Waals surface area contributed by atoms with Crippen molar-refractivity contribution in [3.05, 3.63) is 59.7 Å². The number of ether oxygens (including phenoxy) is 3. The molecule has 1 amide bonds. The summed E-state index contributed by atoms with van der Waals surface area (Å²) in [7, 11) is 0. The first kappa shape index (κ1) is 17.9. The molecule has 0 radical (unpaired) electrons. The fourth-order valence-electron chi connectivity index (χ4n) is 3.55. The lowest BCUT2D eigenvalue weighted by molar-refractivity contribution is 0.0679. The van der Waals surface area contributed by atoms with E-state index in [0.29, 0.717) is 31.1 Å². The van der Waals surface area contributed by atoms with Gasteiger partial charge in [0.1, 0.15) is 18.1 Å². The third-order valence-corrected chi connectivity index (χ3v) is 5.06. The van der Waals surface area contributed by atoms with Crippen molar-refractivity contribution in [3.63, 3.8) is 0 Å². The van der Waals surface area contributed by atoms with Crippen molar-refractivity contribution in [1.82, 2.24) is 5.32 Å². The molecular formula is C22H25NO4. The zero-order valence-corrected chi connectivity index (χ0v) is 15.4. The Morgan fingerprint density at radius 2 is 2.11 bits per heavy atom. The summed E-state index contributed by atoms with van der Waals surface area (Å²) in [5, 5.41) is 3.02. The van der Waals surface area contributed by atoms with Crippen LogP contribution in [0.3, 0.4) is 0 Å². The minimum Gasteiger partial charge on any atom is -0.493 e. The lowest BCUT2D eigenvalue weighted by Crippen LogP contribution is -2.34. The number of nitrogens with one attached hydrogen (secondary N) is 1. The molecule has 142 valence electrons. The zero-order chi connectivity index (χ0) is 18.5. The smallest absolute Gasteiger partial charge is 0.251 e. The molecule has 1 saturated heterocycles. The minimum atomic E-state index is -0.0866. The summed E-state index contributed by atoms with van der Waals surface area (Å²) in [6.45, 7) is 2.56. The van der Waals surface area contributed by atoms with E-state index in [-0.39, 0.29) is 17.9 Å². The molecular weight excluding hydrogens is 342 g/mol. The van der Waals surface area contributed by atoms with Gasteiger partial charge in [0, 0.05) is 24.6 Å². The molecule has 5 heteroatoms. The van der Waals surface area contributed by atoms with Gasteiger partial charge in [-0.1, -0.05) is 24.3 Å². The average molecular weight is 367 g/mol. The lowest BCUT2D eigenvalue weighted by atomic mass is 9.96. The second kappa shape index (κ2) is 8.44. The molecule has 0 aromatic heterocycles. The molecule has 2 aromatic rings. The van der Waals surface area contributed by atoms with Gasteiger partial charge in [-0.2, -0.15) is 0 Å². The summed E-state index contributed by atoms with van der Waals surface area (Å²) in [4.78, 5) is 12.5. The van der Waals surface area contributed by atoms with Crippen molar-refractivity contribution in [2.24, 2.45) is 5.92 Å². The molecule has 4 rings (SSSR count). The van der Waals surface area contributed by atoms with E-state index in [2.05, 4.69) is 11.4 Å². The summed E-state index contributed by atoms with van der Waals surface area (Å²) in [5.74, 6) is 1.85. The highest BCUT2D eigenvalue weighted by Crippen LogP contribution is 2.26. The number of fused-ring (bicyclic) bond motifs is 1. The molecule has 0 spiro atoms. The van der Waals surface area contributed by atoms with E-state index in [0.717, 1.165) is 31.6 Å². The number of hydrogen-bond acceptors (Lipinski definition) is 4. The van der Waals surface area contributed by atoms with Crippen LogP contribution in [0.15, 0.2) is 48.5 Å². The van der Waals surface area contributed by atoms with Crippen LogP contribution < -0.4 is 14.8 Å². The van der Waals surface area contributed by atoms with E-state index in [1.165, 1.54) is 5.56 Å². The second-order valence-corrected chi connectivity index (χ2v) is 7.17. The fourth-order valence-corrected chi connectivity index (χ4v) is 3.55.